The highest BCUT2D eigenvalue weighted by Crippen LogP contribution is 2.17. The van der Waals surface area contributed by atoms with E-state index in [9.17, 15) is 8.42 Å². The van der Waals surface area contributed by atoms with Gasteiger partial charge in [0.25, 0.3) is 0 Å². The van der Waals surface area contributed by atoms with E-state index in [1.807, 2.05) is 19.1 Å². The molecule has 0 aliphatic rings. The summed E-state index contributed by atoms with van der Waals surface area (Å²) in [6, 6.07) is 7.15. The van der Waals surface area contributed by atoms with Crippen LogP contribution < -0.4 is 4.72 Å². The van der Waals surface area contributed by atoms with Crippen molar-refractivity contribution in [3.63, 3.8) is 0 Å². The number of rotatable bonds is 8. The van der Waals surface area contributed by atoms with Crippen LogP contribution in [0.2, 0.25) is 0 Å². The van der Waals surface area contributed by atoms with E-state index >= 15 is 0 Å². The largest absolute Gasteiger partial charge is 0.240 e. The maximum atomic E-state index is 11.9. The molecule has 0 aromatic heterocycles. The Labute approximate surface area is 125 Å². The van der Waals surface area contributed by atoms with Crippen molar-refractivity contribution in [2.45, 2.75) is 49.3 Å². The molecular weight excluding hydrogens is 326 g/mol. The maximum absolute atomic E-state index is 11.9. The second kappa shape index (κ2) is 8.02. The van der Waals surface area contributed by atoms with Gasteiger partial charge < -0.3 is 0 Å². The van der Waals surface area contributed by atoms with Crippen molar-refractivity contribution in [2.75, 3.05) is 6.54 Å². The summed E-state index contributed by atoms with van der Waals surface area (Å²) in [6.45, 7) is 4.57. The predicted octanol–water partition coefficient (Wildman–Crippen LogP) is 3.48. The minimum atomic E-state index is -3.34. The van der Waals surface area contributed by atoms with Crippen LogP contribution in [0.25, 0.3) is 0 Å². The van der Waals surface area contributed by atoms with Crippen LogP contribution in [0.4, 0.5) is 0 Å². The molecule has 19 heavy (non-hydrogen) atoms. The first-order chi connectivity index (χ1) is 8.99. The fraction of sp³-hybridized carbons (Fsp3) is 0.571. The SMILES string of the molecule is CCCNS(=O)(=O)c1ccc(CC(Br)CCC)cc1. The van der Waals surface area contributed by atoms with Crippen LogP contribution in [0.1, 0.15) is 38.7 Å². The van der Waals surface area contributed by atoms with E-state index in [4.69, 9.17) is 0 Å². The van der Waals surface area contributed by atoms with E-state index in [0.29, 0.717) is 16.3 Å². The Balaban J connectivity index is 2.71. The lowest BCUT2D eigenvalue weighted by Gasteiger charge is -2.09. The Morgan fingerprint density at radius 1 is 1.16 bits per heavy atom. The topological polar surface area (TPSA) is 46.2 Å². The van der Waals surface area contributed by atoms with Crippen LogP contribution >= 0.6 is 15.9 Å². The minimum Gasteiger partial charge on any atom is -0.211 e. The minimum absolute atomic E-state index is 0.339. The summed E-state index contributed by atoms with van der Waals surface area (Å²) < 4.78 is 26.4. The molecule has 0 saturated carbocycles. The number of hydrogen-bond donors (Lipinski definition) is 1. The van der Waals surface area contributed by atoms with Gasteiger partial charge in [0, 0.05) is 11.4 Å². The Morgan fingerprint density at radius 3 is 2.32 bits per heavy atom. The van der Waals surface area contributed by atoms with E-state index in [0.717, 1.165) is 31.2 Å². The Bertz CT molecular complexity index is 471. The molecule has 0 radical (unpaired) electrons. The van der Waals surface area contributed by atoms with Crippen molar-refractivity contribution >= 4 is 26.0 Å². The monoisotopic (exact) mass is 347 g/mol. The lowest BCUT2D eigenvalue weighted by Crippen LogP contribution is -2.24. The second-order valence-corrected chi connectivity index (χ2v) is 7.69. The molecule has 5 heteroatoms. The molecule has 0 bridgehead atoms. The maximum Gasteiger partial charge on any atom is 0.240 e. The van der Waals surface area contributed by atoms with Crippen molar-refractivity contribution in [1.82, 2.24) is 4.72 Å². The van der Waals surface area contributed by atoms with Crippen molar-refractivity contribution in [3.8, 4) is 0 Å². The summed E-state index contributed by atoms with van der Waals surface area (Å²) in [5.74, 6) is 0. The van der Waals surface area contributed by atoms with Gasteiger partial charge in [-0.25, -0.2) is 13.1 Å². The highest BCUT2D eigenvalue weighted by Gasteiger charge is 2.13. The van der Waals surface area contributed by atoms with Crippen LogP contribution in [0, 0.1) is 0 Å². The third kappa shape index (κ3) is 5.63. The average Bonchev–Trinajstić information content (AvgIpc) is 2.37. The van der Waals surface area contributed by atoms with E-state index < -0.39 is 10.0 Å². The lowest BCUT2D eigenvalue weighted by molar-refractivity contribution is 0.581. The molecule has 108 valence electrons. The van der Waals surface area contributed by atoms with Gasteiger partial charge in [-0.3, -0.25) is 0 Å². The molecule has 0 amide bonds. The molecule has 1 N–H and O–H groups in total. The van der Waals surface area contributed by atoms with E-state index in [2.05, 4.69) is 27.6 Å². The van der Waals surface area contributed by atoms with Crippen molar-refractivity contribution < 1.29 is 8.42 Å². The highest BCUT2D eigenvalue weighted by molar-refractivity contribution is 9.09. The smallest absolute Gasteiger partial charge is 0.211 e. The predicted molar refractivity (Wildman–Crippen MR) is 83.2 cm³/mol. The summed E-state index contributed by atoms with van der Waals surface area (Å²) in [4.78, 5) is 0.796. The van der Waals surface area contributed by atoms with E-state index in [-0.39, 0.29) is 0 Å². The molecule has 0 aliphatic carbocycles. The molecule has 1 rings (SSSR count). The van der Waals surface area contributed by atoms with Crippen LogP contribution in [-0.2, 0) is 16.4 Å². The summed E-state index contributed by atoms with van der Waals surface area (Å²) in [6.07, 6.45) is 3.98. The number of benzene rings is 1. The first-order valence-electron chi connectivity index (χ1n) is 6.72. The molecular formula is C14H22BrNO2S. The van der Waals surface area contributed by atoms with Crippen molar-refractivity contribution in [1.29, 1.82) is 0 Å². The van der Waals surface area contributed by atoms with Gasteiger partial charge in [-0.2, -0.15) is 0 Å². The van der Waals surface area contributed by atoms with Gasteiger partial charge in [0.1, 0.15) is 0 Å². The van der Waals surface area contributed by atoms with Gasteiger partial charge >= 0.3 is 0 Å². The molecule has 1 aromatic rings. The Morgan fingerprint density at radius 2 is 1.79 bits per heavy atom. The van der Waals surface area contributed by atoms with Crippen LogP contribution in [0.3, 0.4) is 0 Å². The van der Waals surface area contributed by atoms with Gasteiger partial charge in [-0.05, 0) is 37.0 Å². The molecule has 0 fully saturated rings. The van der Waals surface area contributed by atoms with E-state index in [1.165, 1.54) is 0 Å². The first-order valence-corrected chi connectivity index (χ1v) is 9.12. The lowest BCUT2D eigenvalue weighted by atomic mass is 10.1. The molecule has 0 heterocycles. The van der Waals surface area contributed by atoms with Gasteiger partial charge in [0.05, 0.1) is 4.90 Å². The molecule has 1 unspecified atom stereocenters. The highest BCUT2D eigenvalue weighted by atomic mass is 79.9. The number of halogens is 1. The fourth-order valence-corrected chi connectivity index (χ4v) is 3.76. The fourth-order valence-electron chi connectivity index (χ4n) is 1.80. The zero-order valence-corrected chi connectivity index (χ0v) is 13.9. The normalized spacial score (nSPS) is 13.4. The average molecular weight is 348 g/mol. The second-order valence-electron chi connectivity index (χ2n) is 4.63. The van der Waals surface area contributed by atoms with Crippen LogP contribution in [0.15, 0.2) is 29.2 Å². The number of sulfonamides is 1. The molecule has 0 spiro atoms. The van der Waals surface area contributed by atoms with Gasteiger partial charge in [0.2, 0.25) is 10.0 Å². The van der Waals surface area contributed by atoms with Crippen molar-refractivity contribution in [3.05, 3.63) is 29.8 Å². The summed E-state index contributed by atoms with van der Waals surface area (Å²) >= 11 is 3.64. The summed E-state index contributed by atoms with van der Waals surface area (Å²) in [5, 5.41) is 0. The van der Waals surface area contributed by atoms with Crippen LogP contribution in [-0.4, -0.2) is 19.8 Å². The Hall–Kier alpha value is -0.390. The third-order valence-electron chi connectivity index (χ3n) is 2.83. The Kier molecular flexibility index (Phi) is 7.04. The number of hydrogen-bond acceptors (Lipinski definition) is 2. The summed E-state index contributed by atoms with van der Waals surface area (Å²) in [5.41, 5.74) is 1.16. The van der Waals surface area contributed by atoms with Gasteiger partial charge in [-0.15, -0.1) is 0 Å². The number of nitrogens with one attached hydrogen (secondary N) is 1. The standard InChI is InChI=1S/C14H22BrNO2S/c1-3-5-13(15)11-12-6-8-14(9-7-12)19(17,18)16-10-4-2/h6-9,13,16H,3-5,10-11H2,1-2H3. The molecule has 0 saturated heterocycles. The number of alkyl halides is 1. The van der Waals surface area contributed by atoms with Gasteiger partial charge in [0.15, 0.2) is 0 Å². The van der Waals surface area contributed by atoms with Gasteiger partial charge in [-0.1, -0.05) is 48.3 Å². The van der Waals surface area contributed by atoms with Crippen LogP contribution in [0.5, 0.6) is 0 Å². The molecule has 1 atom stereocenters. The molecule has 3 nitrogen and oxygen atoms in total. The van der Waals surface area contributed by atoms with E-state index in [1.54, 1.807) is 12.1 Å². The molecule has 0 aliphatic heterocycles. The first kappa shape index (κ1) is 16.7. The quantitative estimate of drug-likeness (QED) is 0.731. The third-order valence-corrected chi connectivity index (χ3v) is 5.09. The van der Waals surface area contributed by atoms with Crippen molar-refractivity contribution in [2.24, 2.45) is 0 Å². The molecule has 1 aromatic carbocycles. The summed E-state index contributed by atoms with van der Waals surface area (Å²) in [7, 11) is -3.34. The zero-order valence-electron chi connectivity index (χ0n) is 11.5. The zero-order chi connectivity index (χ0) is 14.3.